The van der Waals surface area contributed by atoms with Gasteiger partial charge in [-0.3, -0.25) is 0 Å². The van der Waals surface area contributed by atoms with Gasteiger partial charge in [0.2, 0.25) is 10.0 Å². The lowest BCUT2D eigenvalue weighted by molar-refractivity contribution is -0.150. The van der Waals surface area contributed by atoms with E-state index in [0.29, 0.717) is 0 Å². The number of nitrogens with one attached hydrogen (secondary N) is 1. The Bertz CT molecular complexity index is 883. The van der Waals surface area contributed by atoms with Crippen molar-refractivity contribution >= 4 is 33.5 Å². The van der Waals surface area contributed by atoms with Gasteiger partial charge in [-0.05, 0) is 31.2 Å². The molecule has 26 heavy (non-hydrogen) atoms. The van der Waals surface area contributed by atoms with E-state index in [0.717, 1.165) is 27.1 Å². The molecule has 9 heteroatoms. The van der Waals surface area contributed by atoms with E-state index in [1.54, 1.807) is 31.2 Å². The first-order chi connectivity index (χ1) is 12.2. The lowest BCUT2D eigenvalue weighted by Crippen LogP contribution is -2.52. The molecular weight excluding hydrogens is 403 g/mol. The Balaban J connectivity index is 1.87. The molecule has 0 radical (unpaired) electrons. The maximum atomic E-state index is 13.6. The number of alkyl halides is 3. The molecule has 0 saturated heterocycles. The van der Waals surface area contributed by atoms with Crippen LogP contribution >= 0.6 is 23.5 Å². The maximum Gasteiger partial charge on any atom is 0.405 e. The summed E-state index contributed by atoms with van der Waals surface area (Å²) < 4.78 is 67.7. The van der Waals surface area contributed by atoms with Gasteiger partial charge in [-0.1, -0.05) is 29.8 Å². The fourth-order valence-corrected chi connectivity index (χ4v) is 6.60. The second-order valence-electron chi connectivity index (χ2n) is 5.87. The minimum atomic E-state index is -4.69. The topological polar surface area (TPSA) is 46.2 Å². The first kappa shape index (κ1) is 19.6. The quantitative estimate of drug-likeness (QED) is 0.794. The first-order valence-electron chi connectivity index (χ1n) is 7.71. The minimum Gasteiger partial charge on any atom is -0.207 e. The SMILES string of the molecule is Cc1ccc(S(=O)(=O)N[C@@H]([C@H]2CSc3ccccc3S2)C(F)(F)F)cc1. The van der Waals surface area contributed by atoms with Gasteiger partial charge in [-0.25, -0.2) is 8.42 Å². The lowest BCUT2D eigenvalue weighted by Gasteiger charge is -2.32. The van der Waals surface area contributed by atoms with E-state index in [1.807, 2.05) is 16.9 Å². The van der Waals surface area contributed by atoms with Gasteiger partial charge in [-0.15, -0.1) is 23.5 Å². The van der Waals surface area contributed by atoms with Crippen molar-refractivity contribution in [3.63, 3.8) is 0 Å². The third-order valence-corrected chi connectivity index (χ3v) is 8.21. The number of benzene rings is 2. The molecule has 0 fully saturated rings. The van der Waals surface area contributed by atoms with Crippen LogP contribution in [0.5, 0.6) is 0 Å². The predicted octanol–water partition coefficient (Wildman–Crippen LogP) is 4.47. The average molecular weight is 420 g/mol. The minimum absolute atomic E-state index is 0.169. The molecule has 1 heterocycles. The number of fused-ring (bicyclic) bond motifs is 1. The molecule has 0 saturated carbocycles. The number of sulfonamides is 1. The van der Waals surface area contributed by atoms with Crippen LogP contribution in [0.1, 0.15) is 5.56 Å². The van der Waals surface area contributed by atoms with Crippen LogP contribution in [0.25, 0.3) is 0 Å². The zero-order valence-electron chi connectivity index (χ0n) is 13.7. The third-order valence-electron chi connectivity index (χ3n) is 3.87. The molecule has 0 aromatic heterocycles. The van der Waals surface area contributed by atoms with E-state index in [9.17, 15) is 21.6 Å². The number of hydrogen-bond acceptors (Lipinski definition) is 4. The van der Waals surface area contributed by atoms with E-state index in [-0.39, 0.29) is 10.6 Å². The van der Waals surface area contributed by atoms with Gasteiger partial charge in [0.15, 0.2) is 0 Å². The molecule has 0 spiro atoms. The Morgan fingerprint density at radius 1 is 1.08 bits per heavy atom. The molecule has 2 atom stereocenters. The van der Waals surface area contributed by atoms with Crippen molar-refractivity contribution in [1.82, 2.24) is 4.72 Å². The van der Waals surface area contributed by atoms with Crippen molar-refractivity contribution in [2.75, 3.05) is 5.75 Å². The summed E-state index contributed by atoms with van der Waals surface area (Å²) in [6, 6.07) is 10.7. The average Bonchev–Trinajstić information content (AvgIpc) is 2.59. The molecular formula is C17H16F3NO2S3. The van der Waals surface area contributed by atoms with Gasteiger partial charge in [0.1, 0.15) is 6.04 Å². The van der Waals surface area contributed by atoms with Crippen LogP contribution < -0.4 is 4.72 Å². The Labute approximate surface area is 158 Å². The summed E-state index contributed by atoms with van der Waals surface area (Å²) in [6.07, 6.45) is -4.69. The predicted molar refractivity (Wildman–Crippen MR) is 98.2 cm³/mol. The maximum absolute atomic E-state index is 13.6. The molecule has 140 valence electrons. The summed E-state index contributed by atoms with van der Waals surface area (Å²) >= 11 is 2.37. The van der Waals surface area contributed by atoms with E-state index in [2.05, 4.69) is 0 Å². The summed E-state index contributed by atoms with van der Waals surface area (Å²) in [4.78, 5) is 1.47. The van der Waals surface area contributed by atoms with Crippen molar-refractivity contribution in [2.45, 2.75) is 39.1 Å². The fourth-order valence-electron chi connectivity index (χ4n) is 2.51. The van der Waals surface area contributed by atoms with Gasteiger partial charge >= 0.3 is 6.18 Å². The summed E-state index contributed by atoms with van der Waals surface area (Å²) in [5, 5.41) is -0.949. The Morgan fingerprint density at radius 3 is 2.31 bits per heavy atom. The number of halogens is 3. The number of aryl methyl sites for hydroxylation is 1. The van der Waals surface area contributed by atoms with Crippen LogP contribution in [-0.2, 0) is 10.0 Å². The summed E-state index contributed by atoms with van der Waals surface area (Å²) in [5.74, 6) is 0.169. The highest BCUT2D eigenvalue weighted by atomic mass is 32.2. The van der Waals surface area contributed by atoms with E-state index >= 15 is 0 Å². The highest BCUT2D eigenvalue weighted by Crippen LogP contribution is 2.44. The van der Waals surface area contributed by atoms with E-state index in [1.165, 1.54) is 23.9 Å². The van der Waals surface area contributed by atoms with Crippen molar-refractivity contribution in [3.05, 3.63) is 54.1 Å². The molecule has 3 rings (SSSR count). The van der Waals surface area contributed by atoms with Gasteiger partial charge in [-0.2, -0.15) is 17.9 Å². The van der Waals surface area contributed by atoms with Gasteiger partial charge in [0.05, 0.1) is 4.90 Å². The van der Waals surface area contributed by atoms with Gasteiger partial charge in [0, 0.05) is 20.8 Å². The molecule has 2 aromatic rings. The Morgan fingerprint density at radius 2 is 1.69 bits per heavy atom. The number of thioether (sulfide) groups is 2. The molecule has 2 aromatic carbocycles. The number of rotatable bonds is 4. The molecule has 0 bridgehead atoms. The highest BCUT2D eigenvalue weighted by molar-refractivity contribution is 8.06. The normalized spacial score (nSPS) is 19.0. The zero-order chi connectivity index (χ0) is 18.9. The van der Waals surface area contributed by atoms with Crippen LogP contribution in [-0.4, -0.2) is 31.6 Å². The summed E-state index contributed by atoms with van der Waals surface area (Å²) in [6.45, 7) is 1.77. The molecule has 1 aliphatic heterocycles. The highest BCUT2D eigenvalue weighted by Gasteiger charge is 2.48. The lowest BCUT2D eigenvalue weighted by atomic mass is 10.2. The Kier molecular flexibility index (Phi) is 5.62. The molecule has 0 amide bonds. The van der Waals surface area contributed by atoms with Crippen molar-refractivity contribution in [1.29, 1.82) is 0 Å². The molecule has 0 unspecified atom stereocenters. The second-order valence-corrected chi connectivity index (χ2v) is 9.92. The van der Waals surface area contributed by atoms with Crippen molar-refractivity contribution in [3.8, 4) is 0 Å². The standard InChI is InChI=1S/C17H16F3NO2S3/c1-11-6-8-12(9-7-11)26(22,23)21-16(17(18,19)20)15-10-24-13-4-2-3-5-14(13)25-15/h2-9,15-16,21H,10H2,1H3/t15-,16+/m1/s1. The van der Waals surface area contributed by atoms with Gasteiger partial charge < -0.3 is 0 Å². The van der Waals surface area contributed by atoms with E-state index in [4.69, 9.17) is 0 Å². The second kappa shape index (κ2) is 7.46. The summed E-state index contributed by atoms with van der Waals surface area (Å²) in [5.41, 5.74) is 0.826. The third kappa shape index (κ3) is 4.39. The van der Waals surface area contributed by atoms with E-state index < -0.39 is 27.5 Å². The van der Waals surface area contributed by atoms with Crippen molar-refractivity contribution in [2.24, 2.45) is 0 Å². The molecule has 1 N–H and O–H groups in total. The summed E-state index contributed by atoms with van der Waals surface area (Å²) in [7, 11) is -4.28. The van der Waals surface area contributed by atoms with Crippen LogP contribution in [0.2, 0.25) is 0 Å². The zero-order valence-corrected chi connectivity index (χ0v) is 16.1. The molecule has 3 nitrogen and oxygen atoms in total. The Hall–Kier alpha value is -1.16. The van der Waals surface area contributed by atoms with Crippen LogP contribution in [0, 0.1) is 6.92 Å². The number of hydrogen-bond donors (Lipinski definition) is 1. The monoisotopic (exact) mass is 419 g/mol. The largest absolute Gasteiger partial charge is 0.405 e. The van der Waals surface area contributed by atoms with Crippen LogP contribution in [0.3, 0.4) is 0 Å². The first-order valence-corrected chi connectivity index (χ1v) is 11.1. The van der Waals surface area contributed by atoms with Crippen LogP contribution in [0.15, 0.2) is 63.2 Å². The fraction of sp³-hybridized carbons (Fsp3) is 0.294. The van der Waals surface area contributed by atoms with Gasteiger partial charge in [0.25, 0.3) is 0 Å². The van der Waals surface area contributed by atoms with Crippen LogP contribution in [0.4, 0.5) is 13.2 Å². The molecule has 1 aliphatic rings. The molecule has 0 aliphatic carbocycles. The smallest absolute Gasteiger partial charge is 0.207 e. The van der Waals surface area contributed by atoms with Crippen molar-refractivity contribution < 1.29 is 21.6 Å².